The molecule has 0 atom stereocenters. The SMILES string of the molecule is Cc1oc2ncn(C)c(=O)c2c1C(=O)Nc1ccc(N(C)C)cc1C(F)(F)F. The Hall–Kier alpha value is -3.30. The summed E-state index contributed by atoms with van der Waals surface area (Å²) < 4.78 is 46.9. The van der Waals surface area contributed by atoms with E-state index in [-0.39, 0.29) is 22.4 Å². The monoisotopic (exact) mass is 394 g/mol. The van der Waals surface area contributed by atoms with Crippen LogP contribution >= 0.6 is 0 Å². The number of carbonyl (C=O) groups is 1. The van der Waals surface area contributed by atoms with Crippen LogP contribution < -0.4 is 15.8 Å². The van der Waals surface area contributed by atoms with Crippen molar-refractivity contribution in [2.24, 2.45) is 7.05 Å². The summed E-state index contributed by atoms with van der Waals surface area (Å²) in [6, 6.07) is 3.56. The zero-order valence-corrected chi connectivity index (χ0v) is 15.5. The lowest BCUT2D eigenvalue weighted by atomic mass is 10.1. The predicted octanol–water partition coefficient (Wildman–Crippen LogP) is 3.17. The molecule has 3 rings (SSSR count). The molecule has 0 saturated carbocycles. The van der Waals surface area contributed by atoms with Crippen LogP contribution in [0.5, 0.6) is 0 Å². The van der Waals surface area contributed by atoms with Crippen LogP contribution in [0.1, 0.15) is 21.7 Å². The second kappa shape index (κ2) is 6.70. The lowest BCUT2D eigenvalue weighted by Gasteiger charge is -2.18. The lowest BCUT2D eigenvalue weighted by Crippen LogP contribution is -2.22. The Morgan fingerprint density at radius 3 is 2.57 bits per heavy atom. The van der Waals surface area contributed by atoms with Gasteiger partial charge in [0.15, 0.2) is 0 Å². The molecule has 0 saturated heterocycles. The molecule has 1 N–H and O–H groups in total. The fourth-order valence-electron chi connectivity index (χ4n) is 2.80. The van der Waals surface area contributed by atoms with E-state index in [2.05, 4.69) is 10.3 Å². The van der Waals surface area contributed by atoms with Gasteiger partial charge in [-0.1, -0.05) is 0 Å². The molecule has 10 heteroatoms. The van der Waals surface area contributed by atoms with Crippen LogP contribution in [0.3, 0.4) is 0 Å². The summed E-state index contributed by atoms with van der Waals surface area (Å²) in [5.74, 6) is -0.800. The van der Waals surface area contributed by atoms with E-state index in [0.29, 0.717) is 5.69 Å². The minimum atomic E-state index is -4.68. The maximum Gasteiger partial charge on any atom is 0.418 e. The minimum absolute atomic E-state index is 0.0512. The van der Waals surface area contributed by atoms with E-state index in [1.54, 1.807) is 14.1 Å². The van der Waals surface area contributed by atoms with Gasteiger partial charge >= 0.3 is 6.18 Å². The third-order valence-corrected chi connectivity index (χ3v) is 4.25. The van der Waals surface area contributed by atoms with Crippen molar-refractivity contribution in [2.45, 2.75) is 13.1 Å². The highest BCUT2D eigenvalue weighted by Crippen LogP contribution is 2.37. The van der Waals surface area contributed by atoms with Gasteiger partial charge in [-0.2, -0.15) is 13.2 Å². The number of halogens is 3. The van der Waals surface area contributed by atoms with Gasteiger partial charge in [0.1, 0.15) is 17.5 Å². The third-order valence-electron chi connectivity index (χ3n) is 4.25. The molecule has 0 bridgehead atoms. The van der Waals surface area contributed by atoms with Gasteiger partial charge in [-0.3, -0.25) is 9.59 Å². The summed E-state index contributed by atoms with van der Waals surface area (Å²) >= 11 is 0. The molecule has 148 valence electrons. The molecule has 0 aliphatic carbocycles. The Morgan fingerprint density at radius 1 is 1.29 bits per heavy atom. The van der Waals surface area contributed by atoms with Gasteiger partial charge in [0, 0.05) is 26.8 Å². The zero-order valence-electron chi connectivity index (χ0n) is 15.5. The number of nitrogens with one attached hydrogen (secondary N) is 1. The van der Waals surface area contributed by atoms with Crippen LogP contribution in [-0.2, 0) is 13.2 Å². The molecule has 0 radical (unpaired) electrons. The minimum Gasteiger partial charge on any atom is -0.442 e. The topological polar surface area (TPSA) is 80.4 Å². The molecule has 2 heterocycles. The maximum absolute atomic E-state index is 13.5. The Bertz CT molecular complexity index is 1130. The average molecular weight is 394 g/mol. The van der Waals surface area contributed by atoms with Crippen molar-refractivity contribution in [1.82, 2.24) is 9.55 Å². The normalized spacial score (nSPS) is 11.7. The number of benzene rings is 1. The van der Waals surface area contributed by atoms with Crippen LogP contribution in [0.2, 0.25) is 0 Å². The van der Waals surface area contributed by atoms with Crippen molar-refractivity contribution < 1.29 is 22.4 Å². The number of hydrogen-bond donors (Lipinski definition) is 1. The molecular weight excluding hydrogens is 377 g/mol. The molecule has 0 aliphatic rings. The number of hydrogen-bond acceptors (Lipinski definition) is 5. The van der Waals surface area contributed by atoms with E-state index in [0.717, 1.165) is 10.6 Å². The maximum atomic E-state index is 13.5. The largest absolute Gasteiger partial charge is 0.442 e. The number of aromatic nitrogens is 2. The van der Waals surface area contributed by atoms with E-state index in [9.17, 15) is 22.8 Å². The van der Waals surface area contributed by atoms with E-state index >= 15 is 0 Å². The van der Waals surface area contributed by atoms with Crippen molar-refractivity contribution in [2.75, 3.05) is 24.3 Å². The zero-order chi connectivity index (χ0) is 20.8. The fraction of sp³-hybridized carbons (Fsp3) is 0.278. The molecule has 0 unspecified atom stereocenters. The lowest BCUT2D eigenvalue weighted by molar-refractivity contribution is -0.136. The van der Waals surface area contributed by atoms with Crippen molar-refractivity contribution in [3.63, 3.8) is 0 Å². The second-order valence-electron chi connectivity index (χ2n) is 6.45. The molecule has 1 amide bonds. The smallest absolute Gasteiger partial charge is 0.418 e. The molecule has 3 aromatic rings. The first-order valence-electron chi connectivity index (χ1n) is 8.15. The molecule has 28 heavy (non-hydrogen) atoms. The summed E-state index contributed by atoms with van der Waals surface area (Å²) in [4.78, 5) is 30.6. The van der Waals surface area contributed by atoms with Gasteiger partial charge < -0.3 is 19.2 Å². The first-order chi connectivity index (χ1) is 13.0. The predicted molar refractivity (Wildman–Crippen MR) is 97.7 cm³/mol. The summed E-state index contributed by atoms with van der Waals surface area (Å²) in [6.07, 6.45) is -3.45. The number of nitrogens with zero attached hydrogens (tertiary/aromatic N) is 3. The van der Waals surface area contributed by atoms with Crippen LogP contribution in [0.25, 0.3) is 11.1 Å². The second-order valence-corrected chi connectivity index (χ2v) is 6.45. The molecule has 2 aromatic heterocycles. The van der Waals surface area contributed by atoms with Crippen LogP contribution in [0.4, 0.5) is 24.5 Å². The van der Waals surface area contributed by atoms with Gasteiger partial charge in [-0.15, -0.1) is 0 Å². The Labute approximate surface area is 157 Å². The standard InChI is InChI=1S/C18H17F3N4O3/c1-9-13(14-16(28-9)22-8-25(4)17(14)27)15(26)23-12-6-5-10(24(2)3)7-11(12)18(19,20)21/h5-8H,1-4H3,(H,23,26). The number of rotatable bonds is 3. The summed E-state index contributed by atoms with van der Waals surface area (Å²) in [5.41, 5.74) is -1.82. The number of amides is 1. The quantitative estimate of drug-likeness (QED) is 0.738. The van der Waals surface area contributed by atoms with Gasteiger partial charge in [0.2, 0.25) is 5.71 Å². The van der Waals surface area contributed by atoms with Gasteiger partial charge in [-0.05, 0) is 25.1 Å². The van der Waals surface area contributed by atoms with Crippen molar-refractivity contribution in [1.29, 1.82) is 0 Å². The molecule has 1 aromatic carbocycles. The highest BCUT2D eigenvalue weighted by molar-refractivity contribution is 6.13. The van der Waals surface area contributed by atoms with E-state index in [4.69, 9.17) is 4.42 Å². The van der Waals surface area contributed by atoms with E-state index in [1.165, 1.54) is 37.3 Å². The fourth-order valence-corrected chi connectivity index (χ4v) is 2.80. The number of anilines is 2. The molecular formula is C18H17F3N4O3. The highest BCUT2D eigenvalue weighted by Gasteiger charge is 2.35. The number of carbonyl (C=O) groups excluding carboxylic acids is 1. The molecule has 7 nitrogen and oxygen atoms in total. The Morgan fingerprint density at radius 2 is 1.96 bits per heavy atom. The van der Waals surface area contributed by atoms with E-state index < -0.39 is 28.9 Å². The summed E-state index contributed by atoms with van der Waals surface area (Å²) in [7, 11) is 4.66. The average Bonchev–Trinajstić information content (AvgIpc) is 2.94. The summed E-state index contributed by atoms with van der Waals surface area (Å²) in [6.45, 7) is 1.44. The van der Waals surface area contributed by atoms with Gasteiger partial charge in [0.25, 0.3) is 11.5 Å². The first-order valence-corrected chi connectivity index (χ1v) is 8.15. The molecule has 0 fully saturated rings. The third kappa shape index (κ3) is 3.32. The van der Waals surface area contributed by atoms with Crippen LogP contribution in [-0.4, -0.2) is 29.6 Å². The van der Waals surface area contributed by atoms with E-state index in [1.807, 2.05) is 0 Å². The van der Waals surface area contributed by atoms with Crippen molar-refractivity contribution in [3.05, 3.63) is 51.8 Å². The van der Waals surface area contributed by atoms with Gasteiger partial charge in [0.05, 0.1) is 16.8 Å². The van der Waals surface area contributed by atoms with Crippen molar-refractivity contribution >= 4 is 28.4 Å². The van der Waals surface area contributed by atoms with Crippen LogP contribution in [0.15, 0.2) is 33.7 Å². The van der Waals surface area contributed by atoms with Crippen LogP contribution in [0, 0.1) is 6.92 Å². The number of fused-ring (bicyclic) bond motifs is 1. The van der Waals surface area contributed by atoms with Crippen molar-refractivity contribution in [3.8, 4) is 0 Å². The van der Waals surface area contributed by atoms with Gasteiger partial charge in [-0.25, -0.2) is 4.98 Å². The number of alkyl halides is 3. The molecule has 0 spiro atoms. The Balaban J connectivity index is 2.10. The number of aryl methyl sites for hydroxylation is 2. The molecule has 0 aliphatic heterocycles. The Kier molecular flexibility index (Phi) is 4.66. The first kappa shape index (κ1) is 19.5. The number of furan rings is 1. The summed E-state index contributed by atoms with van der Waals surface area (Å²) in [5, 5.41) is 2.17. The highest BCUT2D eigenvalue weighted by atomic mass is 19.4.